The van der Waals surface area contributed by atoms with E-state index in [0.717, 1.165) is 36.8 Å². The first kappa shape index (κ1) is 14.1. The SMILES string of the molecule is CCC=NC1CCc2ccc(C(F)(F)F)cc2CC1. The van der Waals surface area contributed by atoms with Crippen molar-refractivity contribution in [2.24, 2.45) is 4.99 Å². The average molecular weight is 269 g/mol. The summed E-state index contributed by atoms with van der Waals surface area (Å²) in [7, 11) is 0. The molecule has 19 heavy (non-hydrogen) atoms. The Morgan fingerprint density at radius 2 is 1.89 bits per heavy atom. The minimum absolute atomic E-state index is 0.252. The van der Waals surface area contributed by atoms with Crippen molar-refractivity contribution in [3.05, 3.63) is 34.9 Å². The molecule has 0 bridgehead atoms. The van der Waals surface area contributed by atoms with Gasteiger partial charge < -0.3 is 0 Å². The van der Waals surface area contributed by atoms with Gasteiger partial charge in [-0.15, -0.1) is 0 Å². The first-order chi connectivity index (χ1) is 9.00. The standard InChI is InChI=1S/C15H18F3N/c1-2-9-19-14-7-4-11-3-6-13(15(16,17)18)10-12(11)5-8-14/h3,6,9-10,14H,2,4-5,7-8H2,1H3. The van der Waals surface area contributed by atoms with Gasteiger partial charge in [0.05, 0.1) is 11.6 Å². The van der Waals surface area contributed by atoms with Crippen LogP contribution in [0.5, 0.6) is 0 Å². The first-order valence-electron chi connectivity index (χ1n) is 6.71. The number of nitrogens with zero attached hydrogens (tertiary/aromatic N) is 1. The second-order valence-electron chi connectivity index (χ2n) is 4.95. The zero-order chi connectivity index (χ0) is 13.9. The maximum Gasteiger partial charge on any atom is 0.416 e. The van der Waals surface area contributed by atoms with Crippen LogP contribution >= 0.6 is 0 Å². The number of hydrogen-bond donors (Lipinski definition) is 0. The fourth-order valence-corrected chi connectivity index (χ4v) is 2.47. The van der Waals surface area contributed by atoms with Crippen molar-refractivity contribution in [2.45, 2.75) is 51.2 Å². The summed E-state index contributed by atoms with van der Waals surface area (Å²) in [6.07, 6.45) is 1.83. The highest BCUT2D eigenvalue weighted by Gasteiger charge is 2.31. The quantitative estimate of drug-likeness (QED) is 0.556. The van der Waals surface area contributed by atoms with Gasteiger partial charge in [-0.25, -0.2) is 0 Å². The smallest absolute Gasteiger partial charge is 0.294 e. The third kappa shape index (κ3) is 3.58. The monoisotopic (exact) mass is 269 g/mol. The number of hydrogen-bond acceptors (Lipinski definition) is 1. The van der Waals surface area contributed by atoms with Crippen molar-refractivity contribution in [1.29, 1.82) is 0 Å². The zero-order valence-electron chi connectivity index (χ0n) is 11.0. The van der Waals surface area contributed by atoms with E-state index in [9.17, 15) is 13.2 Å². The molecule has 104 valence electrons. The number of aliphatic imine (C=N–C) groups is 1. The van der Waals surface area contributed by atoms with Crippen LogP contribution in [-0.2, 0) is 19.0 Å². The van der Waals surface area contributed by atoms with Gasteiger partial charge in [0.15, 0.2) is 0 Å². The molecule has 0 N–H and O–H groups in total. The van der Waals surface area contributed by atoms with Gasteiger partial charge in [0.1, 0.15) is 0 Å². The Bertz CT molecular complexity index is 463. The number of benzene rings is 1. The Kier molecular flexibility index (Phi) is 4.27. The molecule has 0 amide bonds. The van der Waals surface area contributed by atoms with E-state index in [0.29, 0.717) is 6.42 Å². The fraction of sp³-hybridized carbons (Fsp3) is 0.533. The first-order valence-corrected chi connectivity index (χ1v) is 6.71. The third-order valence-electron chi connectivity index (χ3n) is 3.53. The Labute approximate surface area is 111 Å². The van der Waals surface area contributed by atoms with E-state index in [-0.39, 0.29) is 6.04 Å². The van der Waals surface area contributed by atoms with Crippen LogP contribution in [-0.4, -0.2) is 12.3 Å². The lowest BCUT2D eigenvalue weighted by Gasteiger charge is -2.11. The summed E-state index contributed by atoms with van der Waals surface area (Å²) >= 11 is 0. The normalized spacial score (nSPS) is 20.3. The van der Waals surface area contributed by atoms with Crippen LogP contribution in [0.4, 0.5) is 13.2 Å². The molecule has 0 heterocycles. The van der Waals surface area contributed by atoms with Crippen LogP contribution in [0.3, 0.4) is 0 Å². The lowest BCUT2D eigenvalue weighted by Crippen LogP contribution is -2.06. The van der Waals surface area contributed by atoms with Gasteiger partial charge in [0, 0.05) is 0 Å². The van der Waals surface area contributed by atoms with E-state index in [1.54, 1.807) is 6.07 Å². The van der Waals surface area contributed by atoms with Gasteiger partial charge in [-0.05, 0) is 61.6 Å². The molecular formula is C15H18F3N. The molecular weight excluding hydrogens is 251 g/mol. The van der Waals surface area contributed by atoms with Crippen LogP contribution in [0.1, 0.15) is 42.9 Å². The van der Waals surface area contributed by atoms with Gasteiger partial charge in [-0.2, -0.15) is 13.2 Å². The van der Waals surface area contributed by atoms with Crippen molar-refractivity contribution in [3.8, 4) is 0 Å². The van der Waals surface area contributed by atoms with Gasteiger partial charge in [0.2, 0.25) is 0 Å². The third-order valence-corrected chi connectivity index (χ3v) is 3.53. The molecule has 2 rings (SSSR count). The molecule has 1 aromatic rings. The van der Waals surface area contributed by atoms with Crippen LogP contribution in [0, 0.1) is 0 Å². The Balaban J connectivity index is 2.16. The van der Waals surface area contributed by atoms with Crippen LogP contribution in [0.15, 0.2) is 23.2 Å². The molecule has 0 saturated heterocycles. The summed E-state index contributed by atoms with van der Waals surface area (Å²) in [5.74, 6) is 0. The molecule has 0 aromatic heterocycles. The average Bonchev–Trinajstić information content (AvgIpc) is 2.57. The molecule has 1 aliphatic carbocycles. The van der Waals surface area contributed by atoms with Crippen LogP contribution in [0.2, 0.25) is 0 Å². The Morgan fingerprint density at radius 1 is 1.21 bits per heavy atom. The Morgan fingerprint density at radius 3 is 2.53 bits per heavy atom. The molecule has 1 atom stereocenters. The molecule has 0 radical (unpaired) electrons. The zero-order valence-corrected chi connectivity index (χ0v) is 11.0. The van der Waals surface area contributed by atoms with Crippen molar-refractivity contribution in [2.75, 3.05) is 0 Å². The fourth-order valence-electron chi connectivity index (χ4n) is 2.47. The van der Waals surface area contributed by atoms with Gasteiger partial charge in [0.25, 0.3) is 0 Å². The van der Waals surface area contributed by atoms with E-state index in [1.165, 1.54) is 12.1 Å². The predicted molar refractivity (Wildman–Crippen MR) is 70.7 cm³/mol. The molecule has 0 saturated carbocycles. The second kappa shape index (κ2) is 5.76. The summed E-state index contributed by atoms with van der Waals surface area (Å²) in [6, 6.07) is 4.38. The minimum atomic E-state index is -4.25. The maximum atomic E-state index is 12.7. The maximum absolute atomic E-state index is 12.7. The summed E-state index contributed by atoms with van der Waals surface area (Å²) < 4.78 is 38.0. The van der Waals surface area contributed by atoms with E-state index < -0.39 is 11.7 Å². The minimum Gasteiger partial charge on any atom is -0.294 e. The second-order valence-corrected chi connectivity index (χ2v) is 4.95. The number of rotatable bonds is 2. The molecule has 4 heteroatoms. The van der Waals surface area contributed by atoms with Crippen molar-refractivity contribution >= 4 is 6.21 Å². The highest BCUT2D eigenvalue weighted by Crippen LogP contribution is 2.32. The topological polar surface area (TPSA) is 12.4 Å². The molecule has 1 nitrogen and oxygen atoms in total. The van der Waals surface area contributed by atoms with Crippen molar-refractivity contribution in [1.82, 2.24) is 0 Å². The molecule has 0 aliphatic heterocycles. The van der Waals surface area contributed by atoms with Crippen molar-refractivity contribution in [3.63, 3.8) is 0 Å². The number of aryl methyl sites for hydroxylation is 2. The highest BCUT2D eigenvalue weighted by atomic mass is 19.4. The molecule has 1 aliphatic rings. The van der Waals surface area contributed by atoms with E-state index in [1.807, 2.05) is 13.1 Å². The summed E-state index contributed by atoms with van der Waals surface area (Å²) in [5.41, 5.74) is 1.34. The van der Waals surface area contributed by atoms with Gasteiger partial charge in [-0.1, -0.05) is 13.0 Å². The summed E-state index contributed by atoms with van der Waals surface area (Å²) in [4.78, 5) is 4.47. The van der Waals surface area contributed by atoms with Gasteiger partial charge >= 0.3 is 6.18 Å². The molecule has 0 spiro atoms. The van der Waals surface area contributed by atoms with E-state index in [2.05, 4.69) is 4.99 Å². The summed E-state index contributed by atoms with van der Waals surface area (Å²) in [6.45, 7) is 2.03. The molecule has 0 fully saturated rings. The van der Waals surface area contributed by atoms with E-state index >= 15 is 0 Å². The van der Waals surface area contributed by atoms with Crippen LogP contribution in [0.25, 0.3) is 0 Å². The molecule has 1 aromatic carbocycles. The van der Waals surface area contributed by atoms with Gasteiger partial charge in [-0.3, -0.25) is 4.99 Å². The predicted octanol–water partition coefficient (Wildman–Crippen LogP) is 4.43. The van der Waals surface area contributed by atoms with Crippen LogP contribution < -0.4 is 0 Å². The van der Waals surface area contributed by atoms with Crippen molar-refractivity contribution < 1.29 is 13.2 Å². The van der Waals surface area contributed by atoms with E-state index in [4.69, 9.17) is 0 Å². The molecule has 1 unspecified atom stereocenters. The number of halogens is 3. The lowest BCUT2D eigenvalue weighted by atomic mass is 10.00. The number of alkyl halides is 3. The largest absolute Gasteiger partial charge is 0.416 e. The Hall–Kier alpha value is -1.32. The number of fused-ring (bicyclic) bond motifs is 1. The lowest BCUT2D eigenvalue weighted by molar-refractivity contribution is -0.137. The highest BCUT2D eigenvalue weighted by molar-refractivity contribution is 5.56. The summed E-state index contributed by atoms with van der Waals surface area (Å²) in [5, 5.41) is 0.